The second-order valence-corrected chi connectivity index (χ2v) is 10.0. The number of aliphatic hydroxyl groups excluding tert-OH is 1. The van der Waals surface area contributed by atoms with Crippen molar-refractivity contribution >= 4 is 11.6 Å². The Morgan fingerprint density at radius 2 is 2.13 bits per heavy atom. The number of aliphatic hydroxyl groups is 1. The highest BCUT2D eigenvalue weighted by Gasteiger charge is 2.22. The van der Waals surface area contributed by atoms with Crippen molar-refractivity contribution in [3.63, 3.8) is 0 Å². The van der Waals surface area contributed by atoms with Gasteiger partial charge in [-0.1, -0.05) is 12.1 Å². The first kappa shape index (κ1) is 26.2. The first-order valence-corrected chi connectivity index (χ1v) is 13.3. The van der Waals surface area contributed by atoms with Crippen LogP contribution in [0.4, 0.5) is 5.69 Å². The monoisotopic (exact) mass is 520 g/mol. The molecule has 0 aliphatic carbocycles. The van der Waals surface area contributed by atoms with Gasteiger partial charge in [0, 0.05) is 56.7 Å². The lowest BCUT2D eigenvalue weighted by atomic mass is 9.94. The summed E-state index contributed by atoms with van der Waals surface area (Å²) in [4.78, 5) is 18.9. The van der Waals surface area contributed by atoms with Crippen LogP contribution in [0.15, 0.2) is 53.4 Å². The van der Waals surface area contributed by atoms with Gasteiger partial charge in [0.25, 0.3) is 5.91 Å². The molecule has 1 amide bonds. The van der Waals surface area contributed by atoms with E-state index in [9.17, 15) is 9.90 Å². The van der Waals surface area contributed by atoms with Crippen molar-refractivity contribution in [1.29, 1.82) is 0 Å². The maximum atomic E-state index is 12.7. The van der Waals surface area contributed by atoms with E-state index < -0.39 is 6.10 Å². The molecule has 9 nitrogen and oxygen atoms in total. The third kappa shape index (κ3) is 6.72. The van der Waals surface area contributed by atoms with E-state index in [1.807, 2.05) is 24.3 Å². The maximum Gasteiger partial charge on any atom is 0.251 e. The summed E-state index contributed by atoms with van der Waals surface area (Å²) in [5, 5.41) is 17.0. The zero-order chi connectivity index (χ0) is 26.3. The number of nitrogens with one attached hydrogen (secondary N) is 2. The van der Waals surface area contributed by atoms with Gasteiger partial charge in [-0.05, 0) is 67.1 Å². The Hall–Kier alpha value is -3.40. The van der Waals surface area contributed by atoms with Gasteiger partial charge >= 0.3 is 0 Å². The zero-order valence-electron chi connectivity index (χ0n) is 21.8. The molecule has 38 heavy (non-hydrogen) atoms. The second-order valence-electron chi connectivity index (χ2n) is 10.0. The molecule has 3 aromatic rings. The van der Waals surface area contributed by atoms with Gasteiger partial charge in [0.2, 0.25) is 0 Å². The largest absolute Gasteiger partial charge is 0.485 e. The molecule has 1 aromatic heterocycles. The summed E-state index contributed by atoms with van der Waals surface area (Å²) in [5.74, 6) is 1.36. The van der Waals surface area contributed by atoms with Crippen LogP contribution < -0.4 is 15.4 Å². The van der Waals surface area contributed by atoms with E-state index >= 15 is 0 Å². The van der Waals surface area contributed by atoms with E-state index in [4.69, 9.17) is 13.9 Å². The number of oxazole rings is 1. The van der Waals surface area contributed by atoms with Crippen LogP contribution in [-0.4, -0.2) is 65.9 Å². The van der Waals surface area contributed by atoms with E-state index in [-0.39, 0.29) is 12.5 Å². The number of nitrogens with zero attached hydrogens (tertiary/aromatic N) is 2. The van der Waals surface area contributed by atoms with E-state index in [2.05, 4.69) is 33.5 Å². The average molecular weight is 521 g/mol. The summed E-state index contributed by atoms with van der Waals surface area (Å²) < 4.78 is 16.6. The number of benzene rings is 2. The molecule has 0 spiro atoms. The van der Waals surface area contributed by atoms with Crippen LogP contribution >= 0.6 is 0 Å². The lowest BCUT2D eigenvalue weighted by Gasteiger charge is -2.31. The fourth-order valence-corrected chi connectivity index (χ4v) is 5.15. The molecule has 0 unspecified atom stereocenters. The summed E-state index contributed by atoms with van der Waals surface area (Å²) in [7, 11) is 0. The molecular formula is C29H36N4O5. The van der Waals surface area contributed by atoms with Gasteiger partial charge in [-0.3, -0.25) is 9.69 Å². The molecule has 3 heterocycles. The maximum absolute atomic E-state index is 12.7. The molecule has 0 radical (unpaired) electrons. The number of carbonyl (C=O) groups is 1. The molecule has 0 bridgehead atoms. The summed E-state index contributed by atoms with van der Waals surface area (Å²) >= 11 is 0. The fraction of sp³-hybridized carbons (Fsp3) is 0.448. The summed E-state index contributed by atoms with van der Waals surface area (Å²) in [6.07, 6.45) is 5.20. The molecule has 1 atom stereocenters. The van der Waals surface area contributed by atoms with Crippen LogP contribution in [-0.2, 0) is 24.3 Å². The van der Waals surface area contributed by atoms with Gasteiger partial charge in [-0.25, -0.2) is 4.98 Å². The number of rotatable bonds is 10. The molecule has 202 valence electrons. The van der Waals surface area contributed by atoms with Crippen LogP contribution in [0.2, 0.25) is 0 Å². The third-order valence-corrected chi connectivity index (χ3v) is 7.26. The van der Waals surface area contributed by atoms with E-state index in [1.165, 1.54) is 17.5 Å². The molecule has 3 N–H and O–H groups in total. The summed E-state index contributed by atoms with van der Waals surface area (Å²) in [6, 6.07) is 12.0. The van der Waals surface area contributed by atoms with Crippen LogP contribution in [0.1, 0.15) is 45.7 Å². The van der Waals surface area contributed by atoms with Crippen LogP contribution in [0, 0.1) is 6.92 Å². The van der Waals surface area contributed by atoms with Crippen molar-refractivity contribution in [2.75, 3.05) is 38.2 Å². The molecule has 1 saturated heterocycles. The number of aromatic nitrogens is 1. The summed E-state index contributed by atoms with van der Waals surface area (Å²) in [6.45, 7) is 6.24. The Kier molecular flexibility index (Phi) is 8.58. The van der Waals surface area contributed by atoms with Gasteiger partial charge in [-0.15, -0.1) is 0 Å². The second kappa shape index (κ2) is 12.4. The number of fused-ring (bicyclic) bond motifs is 1. The predicted molar refractivity (Wildman–Crippen MR) is 143 cm³/mol. The minimum atomic E-state index is -0.658. The van der Waals surface area contributed by atoms with Gasteiger partial charge in [-0.2, -0.15) is 0 Å². The molecule has 2 aliphatic heterocycles. The standard InChI is InChI=1S/C29H36N4O5/c1-20-27-7-10-33(16-22(27)5-6-28(20)37-18-26-15-30-19-38-26)17-25(34)14-31-29(35)21-3-2-4-24(13-21)32-23-8-11-36-12-9-23/h2-6,13,15,19,23,25,32,34H,7-12,14,16-18H2,1H3,(H,31,35)/t25-/m0/s1. The lowest BCUT2D eigenvalue weighted by Crippen LogP contribution is -2.42. The number of β-amino-alcohol motifs (C(OH)–C–C–N with tert-alkyl or cyclic N) is 1. The van der Waals surface area contributed by atoms with Crippen LogP contribution in [0.25, 0.3) is 0 Å². The number of anilines is 1. The van der Waals surface area contributed by atoms with E-state index in [0.717, 1.165) is 62.6 Å². The molecule has 5 rings (SSSR count). The highest BCUT2D eigenvalue weighted by atomic mass is 16.5. The van der Waals surface area contributed by atoms with Crippen molar-refractivity contribution < 1.29 is 23.8 Å². The SMILES string of the molecule is Cc1c(OCc2cnco2)ccc2c1CCN(C[C@@H](O)CNC(=O)c1cccc(NC3CCOCC3)c1)C2. The minimum absolute atomic E-state index is 0.183. The van der Waals surface area contributed by atoms with Crippen LogP contribution in [0.3, 0.4) is 0 Å². The first-order valence-electron chi connectivity index (χ1n) is 13.3. The van der Waals surface area contributed by atoms with E-state index in [1.54, 1.807) is 12.3 Å². The fourth-order valence-electron chi connectivity index (χ4n) is 5.15. The predicted octanol–water partition coefficient (Wildman–Crippen LogP) is 3.30. The number of hydrogen-bond donors (Lipinski definition) is 3. The molecule has 1 fully saturated rings. The molecule has 0 saturated carbocycles. The lowest BCUT2D eigenvalue weighted by molar-refractivity contribution is 0.0841. The van der Waals surface area contributed by atoms with Crippen molar-refractivity contribution in [1.82, 2.24) is 15.2 Å². The Bertz CT molecular complexity index is 1210. The molecule has 2 aliphatic rings. The summed E-state index contributed by atoms with van der Waals surface area (Å²) in [5.41, 5.74) is 5.19. The van der Waals surface area contributed by atoms with Crippen molar-refractivity contribution in [2.45, 2.75) is 51.5 Å². The average Bonchev–Trinajstić information content (AvgIpc) is 3.46. The minimum Gasteiger partial charge on any atom is -0.485 e. The third-order valence-electron chi connectivity index (χ3n) is 7.26. The Morgan fingerprint density at radius 3 is 2.95 bits per heavy atom. The van der Waals surface area contributed by atoms with Gasteiger partial charge in [0.1, 0.15) is 12.4 Å². The topological polar surface area (TPSA) is 109 Å². The highest BCUT2D eigenvalue weighted by Crippen LogP contribution is 2.30. The van der Waals surface area contributed by atoms with Gasteiger partial charge in [0.05, 0.1) is 12.3 Å². The van der Waals surface area contributed by atoms with Crippen molar-refractivity contribution in [3.8, 4) is 5.75 Å². The van der Waals surface area contributed by atoms with Gasteiger partial charge < -0.3 is 29.6 Å². The normalized spacial score (nSPS) is 17.0. The molecule has 2 aromatic carbocycles. The number of amides is 1. The van der Waals surface area contributed by atoms with Crippen LogP contribution in [0.5, 0.6) is 5.75 Å². The zero-order valence-corrected chi connectivity index (χ0v) is 21.8. The Morgan fingerprint density at radius 1 is 1.26 bits per heavy atom. The first-order chi connectivity index (χ1) is 18.5. The quantitative estimate of drug-likeness (QED) is 0.374. The Balaban J connectivity index is 1.09. The number of ether oxygens (including phenoxy) is 2. The van der Waals surface area contributed by atoms with Gasteiger partial charge in [0.15, 0.2) is 12.2 Å². The van der Waals surface area contributed by atoms with E-state index in [0.29, 0.717) is 30.5 Å². The number of hydrogen-bond acceptors (Lipinski definition) is 8. The Labute approximate surface area is 223 Å². The molecule has 9 heteroatoms. The van der Waals surface area contributed by atoms with Crippen molar-refractivity contribution in [2.24, 2.45) is 0 Å². The smallest absolute Gasteiger partial charge is 0.251 e. The van der Waals surface area contributed by atoms with Crippen molar-refractivity contribution in [3.05, 3.63) is 77.0 Å². The number of carbonyl (C=O) groups excluding carboxylic acids is 1. The highest BCUT2D eigenvalue weighted by molar-refractivity contribution is 5.95. The molecular weight excluding hydrogens is 484 g/mol.